The zero-order valence-corrected chi connectivity index (χ0v) is 20.9. The summed E-state index contributed by atoms with van der Waals surface area (Å²) >= 11 is 0. The number of fused-ring (bicyclic) bond motifs is 2. The van der Waals surface area contributed by atoms with Crippen LogP contribution in [0.1, 0.15) is 37.0 Å². The first-order valence-corrected chi connectivity index (χ1v) is 12.1. The van der Waals surface area contributed by atoms with E-state index in [1.54, 1.807) is 0 Å². The van der Waals surface area contributed by atoms with Crippen molar-refractivity contribution in [3.63, 3.8) is 0 Å². The molecular weight excluding hydrogens is 510 g/mol. The topological polar surface area (TPSA) is 12.5 Å². The van der Waals surface area contributed by atoms with Crippen LogP contribution in [-0.4, -0.2) is 0 Å². The number of nitrogens with zero attached hydrogens (tertiary/aromatic N) is 1. The average Bonchev–Trinajstić information content (AvgIpc) is 3.31. The van der Waals surface area contributed by atoms with Crippen LogP contribution in [0.4, 0.5) is 17.1 Å². The van der Waals surface area contributed by atoms with Gasteiger partial charge in [0.2, 0.25) is 0 Å². The molecule has 0 saturated heterocycles. The van der Waals surface area contributed by atoms with Gasteiger partial charge in [-0.3, -0.25) is 0 Å². The molecule has 0 N–H and O–H groups in total. The van der Waals surface area contributed by atoms with E-state index in [2.05, 4.69) is 0 Å². The number of hydrogen-bond acceptors (Lipinski definition) is 2. The van der Waals surface area contributed by atoms with Gasteiger partial charge in [0.1, 0.15) is 11.5 Å². The average molecular weight is 565 g/mol. The first kappa shape index (κ1) is 9.20. The van der Waals surface area contributed by atoms with Gasteiger partial charge >= 0.3 is 0 Å². The van der Waals surface area contributed by atoms with Crippen LogP contribution in [0, 0.1) is 0 Å². The van der Waals surface area contributed by atoms with Crippen LogP contribution in [0.2, 0.25) is 0 Å². The Balaban J connectivity index is 1.54. The lowest BCUT2D eigenvalue weighted by Crippen LogP contribution is -2.10. The van der Waals surface area contributed by atoms with Gasteiger partial charge in [-0.05, 0) is 81.5 Å². The summed E-state index contributed by atoms with van der Waals surface area (Å²) in [4.78, 5) is 0.390. The monoisotopic (exact) mass is 564 g/mol. The molecule has 1 aliphatic rings. The predicted octanol–water partition coefficient (Wildman–Crippen LogP) is 11.4. The van der Waals surface area contributed by atoms with Crippen LogP contribution in [0.5, 0.6) is 11.5 Å². The summed E-state index contributed by atoms with van der Waals surface area (Å²) in [7, 11) is 0. The van der Waals surface area contributed by atoms with Gasteiger partial charge in [0.05, 0.1) is 37.0 Å². The van der Waals surface area contributed by atoms with Crippen LogP contribution in [0.25, 0.3) is 44.2 Å². The third-order valence-electron chi connectivity index (χ3n) is 6.08. The van der Waals surface area contributed by atoms with Crippen molar-refractivity contribution in [2.75, 3.05) is 4.90 Å². The molecule has 1 heterocycles. The highest BCUT2D eigenvalue weighted by Crippen LogP contribution is 2.50. The molecule has 2 nitrogen and oxygen atoms in total. The van der Waals surface area contributed by atoms with Crippen molar-refractivity contribution in [2.24, 2.45) is 0 Å². The van der Waals surface area contributed by atoms with Gasteiger partial charge < -0.3 is 9.64 Å². The zero-order valence-electron chi connectivity index (χ0n) is 47.9. The second-order valence-corrected chi connectivity index (χ2v) is 8.52. The van der Waals surface area contributed by atoms with E-state index >= 15 is 0 Å². The molecular formula is C40H27NO. The predicted molar refractivity (Wildman–Crippen MR) is 175 cm³/mol. The van der Waals surface area contributed by atoms with Gasteiger partial charge in [-0.1, -0.05) is 109 Å². The normalized spacial score (nSPS) is 20.5. The highest BCUT2D eigenvalue weighted by atomic mass is 16.5. The van der Waals surface area contributed by atoms with Crippen LogP contribution < -0.4 is 9.64 Å². The summed E-state index contributed by atoms with van der Waals surface area (Å²) in [6, 6.07) is -26.3. The summed E-state index contributed by atoms with van der Waals surface area (Å²) in [6.07, 6.45) is 0. The van der Waals surface area contributed by atoms with Crippen LogP contribution in [-0.2, 0) is 0 Å². The van der Waals surface area contributed by atoms with Crippen molar-refractivity contribution >= 4 is 27.8 Å². The number of para-hydroxylation sites is 1. The molecule has 8 rings (SSSR count). The highest BCUT2D eigenvalue weighted by Gasteiger charge is 2.23. The minimum Gasteiger partial charge on any atom is -0.456 e. The van der Waals surface area contributed by atoms with Gasteiger partial charge in [0, 0.05) is 34.1 Å². The molecule has 2 heteroatoms. The number of rotatable bonds is 5. The van der Waals surface area contributed by atoms with Crippen molar-refractivity contribution in [3.8, 4) is 44.9 Å². The molecule has 0 atom stereocenters. The van der Waals surface area contributed by atoms with Crippen molar-refractivity contribution in [1.29, 1.82) is 0 Å². The molecule has 7 aromatic rings. The Morgan fingerprint density at radius 2 is 1.00 bits per heavy atom. The second-order valence-electron chi connectivity index (χ2n) is 8.52. The molecule has 0 fully saturated rings. The van der Waals surface area contributed by atoms with E-state index in [-0.39, 0.29) is 0 Å². The van der Waals surface area contributed by atoms with E-state index < -0.39 is 236 Å². The summed E-state index contributed by atoms with van der Waals surface area (Å²) in [5.74, 6) is -1.63. The maximum absolute atomic E-state index is 9.69. The third kappa shape index (κ3) is 4.22. The fourth-order valence-electron chi connectivity index (χ4n) is 4.28. The Labute approximate surface area is 283 Å². The highest BCUT2D eigenvalue weighted by molar-refractivity contribution is 6.06. The number of ether oxygens (including phenoxy) is 1. The lowest BCUT2D eigenvalue weighted by atomic mass is 9.92. The summed E-state index contributed by atoms with van der Waals surface area (Å²) in [6.45, 7) is 0. The Morgan fingerprint density at radius 3 is 1.71 bits per heavy atom. The lowest BCUT2D eigenvalue weighted by Gasteiger charge is -2.28. The minimum absolute atomic E-state index is 0.390. The molecule has 198 valence electrons. The van der Waals surface area contributed by atoms with E-state index in [4.69, 9.17) is 32.2 Å². The van der Waals surface area contributed by atoms with Crippen LogP contribution >= 0.6 is 0 Å². The molecule has 7 aromatic carbocycles. The van der Waals surface area contributed by atoms with Crippen molar-refractivity contribution in [1.82, 2.24) is 0 Å². The second kappa shape index (κ2) is 10.1. The number of hydrogen-bond donors (Lipinski definition) is 0. The standard InChI is InChI=1S/C40H27NO/c1-4-11-28(12-5-1)30-19-21-34(22-20-30)41(33-16-8-3-9-17-33)35-23-24-36-37-18-10-15-31-25-32(29-13-6-2-7-14-29)26-39(40(31)37)42-38(36)27-35/h1-27H/i1D,2D,3D,4D,5D,6D,7D,8D,9D,10D,11D,12D,13D,14D,15D,16D,17D,18D,19D,20D,21D,22D,23D,24D,25D,26D,27D. The number of benzene rings is 7. The molecule has 0 aromatic heterocycles. The largest absolute Gasteiger partial charge is 0.456 e. The molecule has 42 heavy (non-hydrogen) atoms. The fraction of sp³-hybridized carbons (Fsp3) is 0. The minimum atomic E-state index is -1.18. The lowest BCUT2D eigenvalue weighted by molar-refractivity contribution is 0.487. The maximum Gasteiger partial charge on any atom is 0.137 e. The SMILES string of the molecule is [2H]c1c([2H])c([2H])c(-c2c([2H])c([2H])c(N(c3c([2H])c([2H])c([2H])c([2H])c3[2H])c3c([2H])c([2H])c4c(c3[2H])Oc3c([2H])c(-c5c([2H])c([2H])c([2H])c([2H])c5[2H])c([2H])c5c([2H])c([2H])c([2H])c-4c35)c([2H])c2[2H])c([2H])c1[2H]. The van der Waals surface area contributed by atoms with Gasteiger partial charge in [-0.15, -0.1) is 0 Å². The molecule has 0 aliphatic carbocycles. The summed E-state index contributed by atoms with van der Waals surface area (Å²) in [5.41, 5.74) is -7.34. The van der Waals surface area contributed by atoms with Crippen molar-refractivity contribution in [3.05, 3.63) is 163 Å². The van der Waals surface area contributed by atoms with Gasteiger partial charge in [0.25, 0.3) is 0 Å². The zero-order chi connectivity index (χ0) is 51.4. The maximum atomic E-state index is 9.69. The Kier molecular flexibility index (Phi) is 2.21. The molecule has 0 unspecified atom stereocenters. The Hall–Kier alpha value is -5.60. The quantitative estimate of drug-likeness (QED) is 0.206. The Morgan fingerprint density at radius 1 is 0.405 bits per heavy atom. The van der Waals surface area contributed by atoms with Gasteiger partial charge in [-0.25, -0.2) is 0 Å². The van der Waals surface area contributed by atoms with E-state index in [1.165, 1.54) is 0 Å². The van der Waals surface area contributed by atoms with E-state index in [0.29, 0.717) is 4.90 Å². The third-order valence-corrected chi connectivity index (χ3v) is 6.08. The molecule has 0 saturated carbocycles. The summed E-state index contributed by atoms with van der Waals surface area (Å²) < 4.78 is 243. The van der Waals surface area contributed by atoms with Gasteiger partial charge in [-0.2, -0.15) is 0 Å². The first-order valence-electron chi connectivity index (χ1n) is 25.6. The van der Waals surface area contributed by atoms with E-state index in [9.17, 15) is 9.60 Å². The van der Waals surface area contributed by atoms with Crippen LogP contribution in [0.15, 0.2) is 163 Å². The summed E-state index contributed by atoms with van der Waals surface area (Å²) in [5, 5.41) is -1.01. The number of anilines is 3. The molecule has 0 spiro atoms. The van der Waals surface area contributed by atoms with Crippen LogP contribution in [0.3, 0.4) is 0 Å². The smallest absolute Gasteiger partial charge is 0.137 e. The first-order chi connectivity index (χ1) is 32.1. The molecule has 0 bridgehead atoms. The van der Waals surface area contributed by atoms with Crippen molar-refractivity contribution in [2.45, 2.75) is 0 Å². The molecule has 0 amide bonds. The van der Waals surface area contributed by atoms with E-state index in [0.717, 1.165) is 0 Å². The van der Waals surface area contributed by atoms with Gasteiger partial charge in [0.15, 0.2) is 0 Å². The molecule has 1 aliphatic heterocycles. The van der Waals surface area contributed by atoms with Crippen molar-refractivity contribution < 1.29 is 41.7 Å². The Bertz CT molecular complexity index is 3460. The molecule has 0 radical (unpaired) electrons. The van der Waals surface area contributed by atoms with E-state index in [1.807, 2.05) is 0 Å². The fourth-order valence-corrected chi connectivity index (χ4v) is 4.28.